The van der Waals surface area contributed by atoms with Crippen LogP contribution in [0.1, 0.15) is 79.5 Å². The maximum atomic E-state index is 12.1. The fourth-order valence-corrected chi connectivity index (χ4v) is 2.55. The molecular weight excluding hydrogens is 304 g/mol. The summed E-state index contributed by atoms with van der Waals surface area (Å²) in [4.78, 5) is 23.7. The van der Waals surface area contributed by atoms with Crippen LogP contribution in [0.2, 0.25) is 0 Å². The maximum Gasteiger partial charge on any atom is 0.339 e. The molecule has 24 heavy (non-hydrogen) atoms. The molecule has 0 radical (unpaired) electrons. The fraction of sp³-hybridized carbons (Fsp3) is 0.600. The van der Waals surface area contributed by atoms with Crippen molar-refractivity contribution in [1.82, 2.24) is 0 Å². The zero-order valence-electron chi connectivity index (χ0n) is 15.2. The molecule has 134 valence electrons. The van der Waals surface area contributed by atoms with E-state index in [1.54, 1.807) is 24.3 Å². The summed E-state index contributed by atoms with van der Waals surface area (Å²) in [6.07, 6.45) is 8.23. The number of unbranched alkanes of at least 4 members (excludes halogenated alkanes) is 5. The first-order valence-electron chi connectivity index (χ1n) is 8.90. The summed E-state index contributed by atoms with van der Waals surface area (Å²) in [5, 5.41) is 0. The molecule has 0 aromatic heterocycles. The van der Waals surface area contributed by atoms with Gasteiger partial charge in [0.2, 0.25) is 0 Å². The second-order valence-corrected chi connectivity index (χ2v) is 6.48. The highest BCUT2D eigenvalue weighted by Crippen LogP contribution is 2.13. The Morgan fingerprint density at radius 2 is 1.42 bits per heavy atom. The SMILES string of the molecule is COC(=O)c1ccccc1C(=O)OCCCCCCCCC(C)C. The van der Waals surface area contributed by atoms with Gasteiger partial charge >= 0.3 is 11.9 Å². The van der Waals surface area contributed by atoms with Gasteiger partial charge in [-0.3, -0.25) is 0 Å². The van der Waals surface area contributed by atoms with E-state index in [9.17, 15) is 9.59 Å². The number of carbonyl (C=O) groups excluding carboxylic acids is 2. The predicted molar refractivity (Wildman–Crippen MR) is 95.2 cm³/mol. The van der Waals surface area contributed by atoms with E-state index in [4.69, 9.17) is 4.74 Å². The number of hydrogen-bond donors (Lipinski definition) is 0. The van der Waals surface area contributed by atoms with Crippen LogP contribution >= 0.6 is 0 Å². The van der Waals surface area contributed by atoms with E-state index in [0.29, 0.717) is 6.61 Å². The molecule has 1 aromatic carbocycles. The third kappa shape index (κ3) is 7.62. The normalized spacial score (nSPS) is 10.7. The van der Waals surface area contributed by atoms with Crippen LogP contribution in [0.5, 0.6) is 0 Å². The van der Waals surface area contributed by atoms with Crippen LogP contribution in [0.15, 0.2) is 24.3 Å². The van der Waals surface area contributed by atoms with Crippen LogP contribution < -0.4 is 0 Å². The van der Waals surface area contributed by atoms with E-state index in [0.717, 1.165) is 18.8 Å². The van der Waals surface area contributed by atoms with E-state index in [-0.39, 0.29) is 11.1 Å². The number of carbonyl (C=O) groups is 2. The van der Waals surface area contributed by atoms with Crippen molar-refractivity contribution < 1.29 is 19.1 Å². The van der Waals surface area contributed by atoms with Crippen molar-refractivity contribution in [2.45, 2.75) is 58.8 Å². The number of hydrogen-bond acceptors (Lipinski definition) is 4. The first kappa shape index (κ1) is 20.2. The third-order valence-corrected chi connectivity index (χ3v) is 3.96. The lowest BCUT2D eigenvalue weighted by Crippen LogP contribution is -2.13. The standard InChI is InChI=1S/C20H30O4/c1-16(2)12-8-6-4-5-7-11-15-24-20(22)18-14-10-9-13-17(18)19(21)23-3/h9-10,13-14,16H,4-8,11-12,15H2,1-3H3. The Bertz CT molecular complexity index is 508. The highest BCUT2D eigenvalue weighted by molar-refractivity contribution is 6.03. The average molecular weight is 334 g/mol. The van der Waals surface area contributed by atoms with Gasteiger partial charge in [0.1, 0.15) is 0 Å². The lowest BCUT2D eigenvalue weighted by Gasteiger charge is -2.08. The van der Waals surface area contributed by atoms with Gasteiger partial charge in [0.25, 0.3) is 0 Å². The van der Waals surface area contributed by atoms with Gasteiger partial charge < -0.3 is 9.47 Å². The average Bonchev–Trinajstić information content (AvgIpc) is 2.59. The summed E-state index contributed by atoms with van der Waals surface area (Å²) in [6.45, 7) is 4.90. The van der Waals surface area contributed by atoms with Crippen LogP contribution in [0.25, 0.3) is 0 Å². The molecule has 0 bridgehead atoms. The van der Waals surface area contributed by atoms with Gasteiger partial charge in [0.15, 0.2) is 0 Å². The molecule has 0 saturated heterocycles. The summed E-state index contributed by atoms with van der Waals surface area (Å²) < 4.78 is 9.96. The lowest BCUT2D eigenvalue weighted by molar-refractivity contribution is 0.0480. The minimum absolute atomic E-state index is 0.246. The first-order valence-corrected chi connectivity index (χ1v) is 8.90. The van der Waals surface area contributed by atoms with E-state index in [1.807, 2.05) is 0 Å². The number of rotatable bonds is 11. The Balaban J connectivity index is 2.22. The molecule has 1 rings (SSSR count). The summed E-state index contributed by atoms with van der Waals surface area (Å²) in [7, 11) is 1.30. The number of esters is 2. The molecule has 0 fully saturated rings. The molecule has 0 saturated carbocycles. The van der Waals surface area contributed by atoms with Crippen LogP contribution in [0, 0.1) is 5.92 Å². The molecule has 0 amide bonds. The quantitative estimate of drug-likeness (QED) is 0.421. The molecule has 0 atom stereocenters. The molecule has 4 heteroatoms. The van der Waals surface area contributed by atoms with Crippen molar-refractivity contribution in [1.29, 1.82) is 0 Å². The van der Waals surface area contributed by atoms with Gasteiger partial charge in [0, 0.05) is 0 Å². The van der Waals surface area contributed by atoms with Crippen LogP contribution in [-0.4, -0.2) is 25.7 Å². The van der Waals surface area contributed by atoms with Crippen molar-refractivity contribution in [3.63, 3.8) is 0 Å². The summed E-state index contributed by atoms with van der Waals surface area (Å²) in [6, 6.07) is 6.56. The maximum absolute atomic E-state index is 12.1. The van der Waals surface area contributed by atoms with Crippen LogP contribution in [0.4, 0.5) is 0 Å². The second-order valence-electron chi connectivity index (χ2n) is 6.48. The molecule has 0 aliphatic heterocycles. The van der Waals surface area contributed by atoms with Gasteiger partial charge in [-0.15, -0.1) is 0 Å². The second kappa shape index (κ2) is 11.7. The highest BCUT2D eigenvalue weighted by Gasteiger charge is 2.17. The van der Waals surface area contributed by atoms with Crippen molar-refractivity contribution in [2.24, 2.45) is 5.92 Å². The Labute approximate surface area is 145 Å². The highest BCUT2D eigenvalue weighted by atomic mass is 16.5. The summed E-state index contributed by atoms with van der Waals surface area (Å²) in [5.74, 6) is -0.200. The van der Waals surface area contributed by atoms with Crippen molar-refractivity contribution in [3.8, 4) is 0 Å². The molecule has 0 aliphatic carbocycles. The van der Waals surface area contributed by atoms with E-state index < -0.39 is 11.9 Å². The smallest absolute Gasteiger partial charge is 0.339 e. The number of methoxy groups -OCH3 is 1. The Morgan fingerprint density at radius 3 is 2.00 bits per heavy atom. The number of ether oxygens (including phenoxy) is 2. The Morgan fingerprint density at radius 1 is 0.875 bits per heavy atom. The summed E-state index contributed by atoms with van der Waals surface area (Å²) in [5.41, 5.74) is 0.508. The van der Waals surface area contributed by atoms with E-state index in [1.165, 1.54) is 39.2 Å². The van der Waals surface area contributed by atoms with Crippen LogP contribution in [-0.2, 0) is 9.47 Å². The summed E-state index contributed by atoms with van der Waals surface area (Å²) >= 11 is 0. The zero-order valence-corrected chi connectivity index (χ0v) is 15.2. The van der Waals surface area contributed by atoms with Gasteiger partial charge in [-0.2, -0.15) is 0 Å². The minimum atomic E-state index is -0.524. The molecule has 4 nitrogen and oxygen atoms in total. The molecular formula is C20H30O4. The van der Waals surface area contributed by atoms with Crippen molar-refractivity contribution in [3.05, 3.63) is 35.4 Å². The molecule has 0 N–H and O–H groups in total. The minimum Gasteiger partial charge on any atom is -0.465 e. The van der Waals surface area contributed by atoms with Gasteiger partial charge in [-0.1, -0.05) is 64.5 Å². The Hall–Kier alpha value is -1.84. The predicted octanol–water partition coefficient (Wildman–Crippen LogP) is 5.02. The molecule has 1 aromatic rings. The molecule has 0 heterocycles. The third-order valence-electron chi connectivity index (χ3n) is 3.96. The van der Waals surface area contributed by atoms with Gasteiger partial charge in [0.05, 0.1) is 24.8 Å². The van der Waals surface area contributed by atoms with Crippen molar-refractivity contribution >= 4 is 11.9 Å². The molecule has 0 spiro atoms. The molecule has 0 aliphatic rings. The fourth-order valence-electron chi connectivity index (χ4n) is 2.55. The van der Waals surface area contributed by atoms with Crippen molar-refractivity contribution in [2.75, 3.05) is 13.7 Å². The monoisotopic (exact) mass is 334 g/mol. The van der Waals surface area contributed by atoms with Crippen LogP contribution in [0.3, 0.4) is 0 Å². The van der Waals surface area contributed by atoms with E-state index in [2.05, 4.69) is 18.6 Å². The topological polar surface area (TPSA) is 52.6 Å². The zero-order chi connectivity index (χ0) is 17.8. The largest absolute Gasteiger partial charge is 0.465 e. The Kier molecular flexibility index (Phi) is 9.81. The number of benzene rings is 1. The van der Waals surface area contributed by atoms with Gasteiger partial charge in [-0.25, -0.2) is 9.59 Å². The lowest BCUT2D eigenvalue weighted by atomic mass is 10.0. The molecule has 0 unspecified atom stereocenters. The first-order chi connectivity index (χ1) is 11.6. The van der Waals surface area contributed by atoms with E-state index >= 15 is 0 Å². The van der Waals surface area contributed by atoms with Gasteiger partial charge in [-0.05, 0) is 24.5 Å².